The lowest BCUT2D eigenvalue weighted by atomic mass is 9.73. The summed E-state index contributed by atoms with van der Waals surface area (Å²) in [5.41, 5.74) is -0.580. The third-order valence-corrected chi connectivity index (χ3v) is 4.75. The Balaban J connectivity index is 1.71. The van der Waals surface area contributed by atoms with E-state index in [0.29, 0.717) is 13.1 Å². The van der Waals surface area contributed by atoms with E-state index in [0.717, 1.165) is 41.9 Å². The van der Waals surface area contributed by atoms with Gasteiger partial charge in [0.2, 0.25) is 11.8 Å². The van der Waals surface area contributed by atoms with Gasteiger partial charge in [0.1, 0.15) is 6.54 Å². The topological polar surface area (TPSA) is 86.8 Å². The molecule has 3 fully saturated rings. The van der Waals surface area contributed by atoms with Gasteiger partial charge in [-0.2, -0.15) is 0 Å². The van der Waals surface area contributed by atoms with Crippen LogP contribution in [-0.2, 0) is 14.4 Å². The Kier molecular flexibility index (Phi) is 3.43. The van der Waals surface area contributed by atoms with E-state index in [1.165, 1.54) is 0 Å². The summed E-state index contributed by atoms with van der Waals surface area (Å²) >= 11 is 0. The van der Waals surface area contributed by atoms with Crippen molar-refractivity contribution in [3.63, 3.8) is 0 Å². The first-order valence-corrected chi connectivity index (χ1v) is 7.46. The van der Waals surface area contributed by atoms with Crippen LogP contribution in [0, 0.1) is 5.41 Å². The lowest BCUT2D eigenvalue weighted by molar-refractivity contribution is -0.147. The number of nitrogens with zero attached hydrogens (tertiary/aromatic N) is 2. The number of amides is 5. The minimum absolute atomic E-state index is 0.214. The molecule has 1 saturated carbocycles. The molecule has 1 aliphatic carbocycles. The van der Waals surface area contributed by atoms with Gasteiger partial charge in [-0.1, -0.05) is 19.3 Å². The molecule has 1 N–H and O–H groups in total. The van der Waals surface area contributed by atoms with Gasteiger partial charge in [-0.3, -0.25) is 24.2 Å². The third kappa shape index (κ3) is 2.30. The molecule has 2 aliphatic heterocycles. The second kappa shape index (κ2) is 5.13. The number of likely N-dealkylation sites (tertiary alicyclic amines) is 1. The van der Waals surface area contributed by atoms with E-state index in [1.807, 2.05) is 0 Å². The largest absolute Gasteiger partial charge is 0.336 e. The summed E-state index contributed by atoms with van der Waals surface area (Å²) in [5, 5.41) is 2.53. The van der Waals surface area contributed by atoms with E-state index in [4.69, 9.17) is 0 Å². The first kappa shape index (κ1) is 14.0. The molecule has 1 spiro atoms. The zero-order valence-electron chi connectivity index (χ0n) is 11.9. The predicted octanol–water partition coefficient (Wildman–Crippen LogP) is 0.248. The Labute approximate surface area is 122 Å². The molecule has 3 aliphatic rings. The van der Waals surface area contributed by atoms with E-state index >= 15 is 0 Å². The maximum Gasteiger partial charge on any atom is 0.324 e. The summed E-state index contributed by atoms with van der Waals surface area (Å²) in [6, 6.07) is -0.452. The van der Waals surface area contributed by atoms with Crippen molar-refractivity contribution in [1.82, 2.24) is 15.1 Å². The smallest absolute Gasteiger partial charge is 0.324 e. The van der Waals surface area contributed by atoms with E-state index < -0.39 is 17.4 Å². The highest BCUT2D eigenvalue weighted by Crippen LogP contribution is 2.45. The summed E-state index contributed by atoms with van der Waals surface area (Å²) in [4.78, 5) is 50.3. The van der Waals surface area contributed by atoms with Gasteiger partial charge in [-0.15, -0.1) is 0 Å². The van der Waals surface area contributed by atoms with Crippen LogP contribution in [0.4, 0.5) is 4.79 Å². The van der Waals surface area contributed by atoms with Crippen LogP contribution in [0.25, 0.3) is 0 Å². The number of rotatable bonds is 2. The lowest BCUT2D eigenvalue weighted by Crippen LogP contribution is -2.45. The summed E-state index contributed by atoms with van der Waals surface area (Å²) < 4.78 is 0. The molecule has 0 aromatic rings. The first-order valence-electron chi connectivity index (χ1n) is 7.46. The number of hydrogen-bond acceptors (Lipinski definition) is 4. The predicted molar refractivity (Wildman–Crippen MR) is 72.0 cm³/mol. The molecule has 2 saturated heterocycles. The van der Waals surface area contributed by atoms with Gasteiger partial charge in [0.15, 0.2) is 0 Å². The molecule has 7 nitrogen and oxygen atoms in total. The Morgan fingerprint density at radius 1 is 1.14 bits per heavy atom. The minimum atomic E-state index is -0.580. The zero-order valence-corrected chi connectivity index (χ0v) is 11.9. The van der Waals surface area contributed by atoms with Gasteiger partial charge in [-0.25, -0.2) is 4.79 Å². The summed E-state index contributed by atoms with van der Waals surface area (Å²) in [5.74, 6) is -0.991. The van der Waals surface area contributed by atoms with Crippen LogP contribution in [0.3, 0.4) is 0 Å². The number of urea groups is 1. The highest BCUT2D eigenvalue weighted by molar-refractivity contribution is 6.09. The SMILES string of the molecule is O=C(CN1C(=O)CC2(CCCCC2)C1=O)N1CCNC1=O. The maximum absolute atomic E-state index is 12.6. The number of hydrogen-bond donors (Lipinski definition) is 1. The minimum Gasteiger partial charge on any atom is -0.336 e. The molecular formula is C14H19N3O4. The van der Waals surface area contributed by atoms with Crippen LogP contribution in [0.5, 0.6) is 0 Å². The van der Waals surface area contributed by atoms with Gasteiger partial charge in [-0.05, 0) is 12.8 Å². The van der Waals surface area contributed by atoms with Crippen molar-refractivity contribution in [2.45, 2.75) is 38.5 Å². The second-order valence-corrected chi connectivity index (χ2v) is 6.08. The molecule has 21 heavy (non-hydrogen) atoms. The standard InChI is InChI=1S/C14H19N3O4/c18-10-8-14(4-2-1-3-5-14)12(20)17(10)9-11(19)16-7-6-15-13(16)21/h1-9H2,(H,15,21). The summed E-state index contributed by atoms with van der Waals surface area (Å²) in [6.45, 7) is 0.391. The van der Waals surface area contributed by atoms with Crippen LogP contribution in [-0.4, -0.2) is 53.2 Å². The van der Waals surface area contributed by atoms with E-state index in [1.54, 1.807) is 0 Å². The van der Waals surface area contributed by atoms with Crippen molar-refractivity contribution in [2.24, 2.45) is 5.41 Å². The maximum atomic E-state index is 12.6. The highest BCUT2D eigenvalue weighted by atomic mass is 16.2. The zero-order chi connectivity index (χ0) is 15.0. The molecule has 114 valence electrons. The van der Waals surface area contributed by atoms with Crippen molar-refractivity contribution in [3.8, 4) is 0 Å². The average Bonchev–Trinajstić information content (AvgIpc) is 2.98. The van der Waals surface area contributed by atoms with Crippen molar-refractivity contribution in [3.05, 3.63) is 0 Å². The van der Waals surface area contributed by atoms with E-state index in [9.17, 15) is 19.2 Å². The third-order valence-electron chi connectivity index (χ3n) is 4.75. The van der Waals surface area contributed by atoms with Crippen LogP contribution >= 0.6 is 0 Å². The molecule has 0 atom stereocenters. The Hall–Kier alpha value is -1.92. The molecule has 0 radical (unpaired) electrons. The summed E-state index contributed by atoms with van der Waals surface area (Å²) in [6.07, 6.45) is 4.67. The van der Waals surface area contributed by atoms with Gasteiger partial charge in [0.25, 0.3) is 5.91 Å². The lowest BCUT2D eigenvalue weighted by Gasteiger charge is -2.30. The molecule has 2 heterocycles. The fourth-order valence-electron chi connectivity index (χ4n) is 3.57. The Morgan fingerprint density at radius 3 is 2.48 bits per heavy atom. The van der Waals surface area contributed by atoms with Gasteiger partial charge in [0, 0.05) is 19.5 Å². The van der Waals surface area contributed by atoms with Crippen molar-refractivity contribution >= 4 is 23.8 Å². The van der Waals surface area contributed by atoms with Gasteiger partial charge < -0.3 is 5.32 Å². The number of nitrogens with one attached hydrogen (secondary N) is 1. The monoisotopic (exact) mass is 293 g/mol. The van der Waals surface area contributed by atoms with Crippen molar-refractivity contribution in [2.75, 3.05) is 19.6 Å². The Bertz CT molecular complexity index is 510. The van der Waals surface area contributed by atoms with Crippen LogP contribution < -0.4 is 5.32 Å². The molecule has 0 aromatic heterocycles. The molecule has 3 rings (SSSR count). The molecule has 5 amide bonds. The molecule has 0 unspecified atom stereocenters. The quantitative estimate of drug-likeness (QED) is 0.739. The van der Waals surface area contributed by atoms with E-state index in [2.05, 4.69) is 5.32 Å². The number of carbonyl (C=O) groups excluding carboxylic acids is 4. The van der Waals surface area contributed by atoms with Gasteiger partial charge in [0.05, 0.1) is 5.41 Å². The van der Waals surface area contributed by atoms with Crippen molar-refractivity contribution in [1.29, 1.82) is 0 Å². The molecule has 7 heteroatoms. The van der Waals surface area contributed by atoms with Crippen molar-refractivity contribution < 1.29 is 19.2 Å². The normalized spacial score (nSPS) is 24.9. The van der Waals surface area contributed by atoms with Crippen LogP contribution in [0.15, 0.2) is 0 Å². The summed E-state index contributed by atoms with van der Waals surface area (Å²) in [7, 11) is 0. The second-order valence-electron chi connectivity index (χ2n) is 6.08. The molecular weight excluding hydrogens is 274 g/mol. The van der Waals surface area contributed by atoms with E-state index in [-0.39, 0.29) is 24.8 Å². The Morgan fingerprint density at radius 2 is 1.86 bits per heavy atom. The highest BCUT2D eigenvalue weighted by Gasteiger charge is 2.52. The van der Waals surface area contributed by atoms with Gasteiger partial charge >= 0.3 is 6.03 Å². The first-order chi connectivity index (χ1) is 10.0. The van der Waals surface area contributed by atoms with Crippen LogP contribution in [0.2, 0.25) is 0 Å². The average molecular weight is 293 g/mol. The molecule has 0 bridgehead atoms. The fraction of sp³-hybridized carbons (Fsp3) is 0.714. The van der Waals surface area contributed by atoms with Crippen LogP contribution in [0.1, 0.15) is 38.5 Å². The molecule has 0 aromatic carbocycles. The number of carbonyl (C=O) groups is 4. The number of imide groups is 2. The fourth-order valence-corrected chi connectivity index (χ4v) is 3.57.